The summed E-state index contributed by atoms with van der Waals surface area (Å²) < 4.78 is 0. The maximum absolute atomic E-state index is 9.27. The summed E-state index contributed by atoms with van der Waals surface area (Å²) in [5.74, 6) is 1.18. The van der Waals surface area contributed by atoms with Crippen LogP contribution in [0, 0.1) is 5.92 Å². The molecule has 0 radical (unpaired) electrons. The van der Waals surface area contributed by atoms with Crippen molar-refractivity contribution in [1.82, 2.24) is 9.88 Å². The summed E-state index contributed by atoms with van der Waals surface area (Å²) >= 11 is 0. The highest BCUT2D eigenvalue weighted by atomic mass is 16.3. The van der Waals surface area contributed by atoms with Gasteiger partial charge in [0, 0.05) is 12.6 Å². The minimum atomic E-state index is 0.257. The van der Waals surface area contributed by atoms with Crippen LogP contribution < -0.4 is 0 Å². The first-order valence-corrected chi connectivity index (χ1v) is 7.21. The van der Waals surface area contributed by atoms with E-state index in [0.717, 1.165) is 24.2 Å². The van der Waals surface area contributed by atoms with Gasteiger partial charge in [-0.1, -0.05) is 12.8 Å². The standard InChI is InChI=1S/C15H22N2O/c18-14-8-7-13(16-10-14)11-17-9-3-5-12-4-1-2-6-15(12)17/h7-8,10,12,15,18H,1-6,9,11H2/t12-,15-/m1/s1. The number of hydrogen-bond acceptors (Lipinski definition) is 3. The number of aromatic nitrogens is 1. The summed E-state index contributed by atoms with van der Waals surface area (Å²) in [6.45, 7) is 2.16. The Balaban J connectivity index is 1.69. The Morgan fingerprint density at radius 3 is 2.83 bits per heavy atom. The largest absolute Gasteiger partial charge is 0.506 e. The molecule has 1 aliphatic carbocycles. The van der Waals surface area contributed by atoms with Crippen molar-refractivity contribution >= 4 is 0 Å². The van der Waals surface area contributed by atoms with E-state index >= 15 is 0 Å². The highest BCUT2D eigenvalue weighted by Gasteiger charge is 2.32. The van der Waals surface area contributed by atoms with Crippen LogP contribution in [0.5, 0.6) is 5.75 Å². The van der Waals surface area contributed by atoms with Crippen LogP contribution in [0.2, 0.25) is 0 Å². The summed E-state index contributed by atoms with van der Waals surface area (Å²) in [4.78, 5) is 6.94. The van der Waals surface area contributed by atoms with E-state index in [4.69, 9.17) is 0 Å². The Morgan fingerprint density at radius 1 is 1.17 bits per heavy atom. The van der Waals surface area contributed by atoms with Crippen LogP contribution in [0.15, 0.2) is 18.3 Å². The van der Waals surface area contributed by atoms with Gasteiger partial charge in [-0.05, 0) is 50.3 Å². The van der Waals surface area contributed by atoms with Crippen LogP contribution in [0.25, 0.3) is 0 Å². The lowest BCUT2D eigenvalue weighted by molar-refractivity contribution is 0.0537. The average Bonchev–Trinajstić information content (AvgIpc) is 2.42. The molecular weight excluding hydrogens is 224 g/mol. The molecule has 1 aromatic rings. The Kier molecular flexibility index (Phi) is 3.50. The molecule has 3 rings (SSSR count). The number of rotatable bonds is 2. The van der Waals surface area contributed by atoms with E-state index in [9.17, 15) is 5.11 Å². The highest BCUT2D eigenvalue weighted by Crippen LogP contribution is 2.35. The minimum absolute atomic E-state index is 0.257. The second-order valence-electron chi connectivity index (χ2n) is 5.73. The summed E-state index contributed by atoms with van der Waals surface area (Å²) in [7, 11) is 0. The van der Waals surface area contributed by atoms with E-state index in [1.165, 1.54) is 45.1 Å². The van der Waals surface area contributed by atoms with Gasteiger partial charge in [0.2, 0.25) is 0 Å². The number of nitrogens with zero attached hydrogens (tertiary/aromatic N) is 2. The molecule has 2 aliphatic rings. The summed E-state index contributed by atoms with van der Waals surface area (Å²) in [6.07, 6.45) is 9.90. The average molecular weight is 246 g/mol. The van der Waals surface area contributed by atoms with Gasteiger partial charge in [0.1, 0.15) is 5.75 Å². The second kappa shape index (κ2) is 5.27. The van der Waals surface area contributed by atoms with E-state index in [2.05, 4.69) is 9.88 Å². The van der Waals surface area contributed by atoms with Gasteiger partial charge in [-0.15, -0.1) is 0 Å². The van der Waals surface area contributed by atoms with Crippen molar-refractivity contribution in [1.29, 1.82) is 0 Å². The van der Waals surface area contributed by atoms with Crippen molar-refractivity contribution in [3.8, 4) is 5.75 Å². The van der Waals surface area contributed by atoms with E-state index in [1.54, 1.807) is 12.3 Å². The van der Waals surface area contributed by atoms with Crippen molar-refractivity contribution in [2.45, 2.75) is 51.1 Å². The zero-order chi connectivity index (χ0) is 12.4. The van der Waals surface area contributed by atoms with E-state index in [1.807, 2.05) is 6.07 Å². The fourth-order valence-electron chi connectivity index (χ4n) is 3.64. The molecule has 3 heteroatoms. The van der Waals surface area contributed by atoms with Crippen LogP contribution in [0.1, 0.15) is 44.2 Å². The fourth-order valence-corrected chi connectivity index (χ4v) is 3.64. The second-order valence-corrected chi connectivity index (χ2v) is 5.73. The zero-order valence-electron chi connectivity index (χ0n) is 10.9. The van der Waals surface area contributed by atoms with Crippen molar-refractivity contribution in [3.05, 3.63) is 24.0 Å². The molecule has 1 N–H and O–H groups in total. The van der Waals surface area contributed by atoms with Crippen LogP contribution in [0.4, 0.5) is 0 Å². The molecule has 18 heavy (non-hydrogen) atoms. The Morgan fingerprint density at radius 2 is 2.00 bits per heavy atom. The van der Waals surface area contributed by atoms with Gasteiger partial charge >= 0.3 is 0 Å². The van der Waals surface area contributed by atoms with Crippen molar-refractivity contribution in [2.75, 3.05) is 6.54 Å². The van der Waals surface area contributed by atoms with Gasteiger partial charge in [0.05, 0.1) is 11.9 Å². The highest BCUT2D eigenvalue weighted by molar-refractivity contribution is 5.18. The third-order valence-electron chi connectivity index (χ3n) is 4.53. The monoisotopic (exact) mass is 246 g/mol. The number of piperidine rings is 1. The van der Waals surface area contributed by atoms with E-state index < -0.39 is 0 Å². The predicted molar refractivity (Wildman–Crippen MR) is 71.3 cm³/mol. The molecule has 3 nitrogen and oxygen atoms in total. The van der Waals surface area contributed by atoms with Gasteiger partial charge in [-0.2, -0.15) is 0 Å². The van der Waals surface area contributed by atoms with Gasteiger partial charge < -0.3 is 5.11 Å². The molecular formula is C15H22N2O. The lowest BCUT2D eigenvalue weighted by Gasteiger charge is -2.44. The molecule has 0 bridgehead atoms. The maximum Gasteiger partial charge on any atom is 0.133 e. The predicted octanol–water partition coefficient (Wildman–Crippen LogP) is 2.94. The first-order chi connectivity index (χ1) is 8.83. The van der Waals surface area contributed by atoms with E-state index in [0.29, 0.717) is 0 Å². The molecule has 1 aliphatic heterocycles. The van der Waals surface area contributed by atoms with Gasteiger partial charge in [0.15, 0.2) is 0 Å². The molecule has 0 spiro atoms. The zero-order valence-corrected chi connectivity index (χ0v) is 10.9. The number of fused-ring (bicyclic) bond motifs is 1. The first-order valence-electron chi connectivity index (χ1n) is 7.21. The number of likely N-dealkylation sites (tertiary alicyclic amines) is 1. The van der Waals surface area contributed by atoms with Crippen LogP contribution in [0.3, 0.4) is 0 Å². The molecule has 1 saturated carbocycles. The minimum Gasteiger partial charge on any atom is -0.506 e. The van der Waals surface area contributed by atoms with Crippen LogP contribution in [-0.4, -0.2) is 27.6 Å². The Hall–Kier alpha value is -1.09. The third kappa shape index (κ3) is 2.51. The maximum atomic E-state index is 9.27. The molecule has 98 valence electrons. The Bertz CT molecular complexity index is 388. The number of aromatic hydroxyl groups is 1. The van der Waals surface area contributed by atoms with E-state index in [-0.39, 0.29) is 5.75 Å². The van der Waals surface area contributed by atoms with Crippen LogP contribution >= 0.6 is 0 Å². The summed E-state index contributed by atoms with van der Waals surface area (Å²) in [6, 6.07) is 4.47. The third-order valence-corrected chi connectivity index (χ3v) is 4.53. The molecule has 2 atom stereocenters. The van der Waals surface area contributed by atoms with Gasteiger partial charge in [-0.3, -0.25) is 9.88 Å². The van der Waals surface area contributed by atoms with Crippen molar-refractivity contribution < 1.29 is 5.11 Å². The normalized spacial score (nSPS) is 28.9. The SMILES string of the molecule is Oc1ccc(CN2CCC[C@H]3CCCC[C@H]32)nc1. The smallest absolute Gasteiger partial charge is 0.133 e. The summed E-state index contributed by atoms with van der Waals surface area (Å²) in [5, 5.41) is 9.27. The van der Waals surface area contributed by atoms with Crippen molar-refractivity contribution in [3.63, 3.8) is 0 Å². The molecule has 1 saturated heterocycles. The lowest BCUT2D eigenvalue weighted by Crippen LogP contribution is -2.46. The molecule has 0 amide bonds. The fraction of sp³-hybridized carbons (Fsp3) is 0.667. The quantitative estimate of drug-likeness (QED) is 0.871. The molecule has 0 unspecified atom stereocenters. The lowest BCUT2D eigenvalue weighted by atomic mass is 9.78. The summed E-state index contributed by atoms with van der Waals surface area (Å²) in [5.41, 5.74) is 1.08. The van der Waals surface area contributed by atoms with Crippen LogP contribution in [-0.2, 0) is 6.54 Å². The Labute approximate surface area is 109 Å². The first kappa shape index (κ1) is 12.0. The molecule has 0 aromatic carbocycles. The van der Waals surface area contributed by atoms with Crippen molar-refractivity contribution in [2.24, 2.45) is 5.92 Å². The number of hydrogen-bond donors (Lipinski definition) is 1. The molecule has 1 aromatic heterocycles. The molecule has 2 fully saturated rings. The molecule has 2 heterocycles. The topological polar surface area (TPSA) is 36.4 Å². The van der Waals surface area contributed by atoms with Gasteiger partial charge in [0.25, 0.3) is 0 Å². The number of pyridine rings is 1. The van der Waals surface area contributed by atoms with Gasteiger partial charge in [-0.25, -0.2) is 0 Å².